The largest absolute Gasteiger partial charge is 0.356 e. The zero-order valence-corrected chi connectivity index (χ0v) is 14.2. The van der Waals surface area contributed by atoms with Gasteiger partial charge in [-0.25, -0.2) is 0 Å². The van der Waals surface area contributed by atoms with E-state index < -0.39 is 0 Å². The fourth-order valence-electron chi connectivity index (χ4n) is 3.99. The van der Waals surface area contributed by atoms with Crippen molar-refractivity contribution in [1.29, 1.82) is 0 Å². The number of rotatable bonds is 3. The van der Waals surface area contributed by atoms with Gasteiger partial charge >= 0.3 is 0 Å². The summed E-state index contributed by atoms with van der Waals surface area (Å²) in [4.78, 5) is 42.5. The van der Waals surface area contributed by atoms with Crippen molar-refractivity contribution in [2.45, 2.75) is 38.6 Å². The molecule has 3 heterocycles. The molecule has 25 heavy (non-hydrogen) atoms. The van der Waals surface area contributed by atoms with Gasteiger partial charge in [0, 0.05) is 48.9 Å². The second kappa shape index (κ2) is 6.02. The highest BCUT2D eigenvalue weighted by molar-refractivity contribution is 6.02. The Morgan fingerprint density at radius 2 is 1.88 bits per heavy atom. The summed E-state index contributed by atoms with van der Waals surface area (Å²) in [5.74, 6) is -0.339. The molecule has 2 aromatic rings. The number of aromatic nitrogens is 1. The highest BCUT2D eigenvalue weighted by atomic mass is 16.2. The lowest BCUT2D eigenvalue weighted by molar-refractivity contribution is -0.140. The standard InChI is InChI=1S/C19H21N3O3/c1-12-19-14(13-4-2-3-5-15(13)20-19)8-10-21(12)18(25)9-11-22-16(23)6-7-17(22)24/h2-5,12,20H,6-11H2,1H3/t12-/m0/s1. The molecule has 130 valence electrons. The van der Waals surface area contributed by atoms with E-state index >= 15 is 0 Å². The lowest BCUT2D eigenvalue weighted by Crippen LogP contribution is -2.41. The normalized spacial score (nSPS) is 20.4. The Morgan fingerprint density at radius 1 is 1.16 bits per heavy atom. The van der Waals surface area contributed by atoms with Crippen LogP contribution in [0.1, 0.15) is 43.5 Å². The molecule has 1 N–H and O–H groups in total. The Kier molecular flexibility index (Phi) is 3.82. The molecule has 3 amide bonds. The van der Waals surface area contributed by atoms with Gasteiger partial charge in [0.1, 0.15) is 0 Å². The van der Waals surface area contributed by atoms with Crippen LogP contribution in [0.3, 0.4) is 0 Å². The molecule has 0 radical (unpaired) electrons. The molecule has 0 saturated carbocycles. The maximum atomic E-state index is 12.7. The number of nitrogens with zero attached hydrogens (tertiary/aromatic N) is 2. The van der Waals surface area contributed by atoms with Crippen LogP contribution in [0.25, 0.3) is 10.9 Å². The van der Waals surface area contributed by atoms with Gasteiger partial charge in [-0.05, 0) is 25.0 Å². The number of carbonyl (C=O) groups is 3. The number of carbonyl (C=O) groups excluding carboxylic acids is 3. The Bertz CT molecular complexity index is 854. The maximum absolute atomic E-state index is 12.7. The van der Waals surface area contributed by atoms with Crippen molar-refractivity contribution >= 4 is 28.6 Å². The van der Waals surface area contributed by atoms with Gasteiger partial charge in [-0.2, -0.15) is 0 Å². The van der Waals surface area contributed by atoms with E-state index in [2.05, 4.69) is 17.1 Å². The number of imide groups is 1. The van der Waals surface area contributed by atoms with Gasteiger partial charge in [0.15, 0.2) is 0 Å². The summed E-state index contributed by atoms with van der Waals surface area (Å²) < 4.78 is 0. The third-order valence-electron chi connectivity index (χ3n) is 5.36. The average molecular weight is 339 g/mol. The predicted octanol–water partition coefficient (Wildman–Crippen LogP) is 2.15. The summed E-state index contributed by atoms with van der Waals surface area (Å²) in [7, 11) is 0. The summed E-state index contributed by atoms with van der Waals surface area (Å²) in [5, 5.41) is 1.23. The van der Waals surface area contributed by atoms with Gasteiger partial charge < -0.3 is 9.88 Å². The van der Waals surface area contributed by atoms with Crippen molar-refractivity contribution in [2.24, 2.45) is 0 Å². The van der Waals surface area contributed by atoms with Gasteiger partial charge in [-0.1, -0.05) is 18.2 Å². The second-order valence-corrected chi connectivity index (χ2v) is 6.77. The first-order valence-corrected chi connectivity index (χ1v) is 8.78. The molecule has 0 unspecified atom stereocenters. The van der Waals surface area contributed by atoms with Crippen LogP contribution in [0, 0.1) is 0 Å². The fraction of sp³-hybridized carbons (Fsp3) is 0.421. The number of aromatic amines is 1. The predicted molar refractivity (Wildman–Crippen MR) is 92.7 cm³/mol. The number of hydrogen-bond acceptors (Lipinski definition) is 3. The van der Waals surface area contributed by atoms with Crippen LogP contribution in [0.5, 0.6) is 0 Å². The van der Waals surface area contributed by atoms with Crippen molar-refractivity contribution < 1.29 is 14.4 Å². The summed E-state index contributed by atoms with van der Waals surface area (Å²) >= 11 is 0. The van der Waals surface area contributed by atoms with Crippen LogP contribution in [-0.4, -0.2) is 45.6 Å². The number of H-pyrrole nitrogens is 1. The molecular weight excluding hydrogens is 318 g/mol. The Morgan fingerprint density at radius 3 is 2.64 bits per heavy atom. The third-order valence-corrected chi connectivity index (χ3v) is 5.36. The van der Waals surface area contributed by atoms with Crippen LogP contribution in [-0.2, 0) is 20.8 Å². The number of hydrogen-bond donors (Lipinski definition) is 1. The number of fused-ring (bicyclic) bond motifs is 3. The SMILES string of the molecule is C[C@H]1c2[nH]c3ccccc3c2CCN1C(=O)CCN1C(=O)CCC1=O. The smallest absolute Gasteiger partial charge is 0.229 e. The van der Waals surface area contributed by atoms with Crippen LogP contribution >= 0.6 is 0 Å². The first kappa shape index (κ1) is 15.9. The summed E-state index contributed by atoms with van der Waals surface area (Å²) in [5.41, 5.74) is 3.48. The van der Waals surface area contributed by atoms with E-state index in [1.54, 1.807) is 0 Å². The quantitative estimate of drug-likeness (QED) is 0.871. The van der Waals surface area contributed by atoms with Crippen LogP contribution in [0.4, 0.5) is 0 Å². The summed E-state index contributed by atoms with van der Waals surface area (Å²) in [6, 6.07) is 8.16. The molecule has 0 aliphatic carbocycles. The fourth-order valence-corrected chi connectivity index (χ4v) is 3.99. The molecule has 1 aromatic heterocycles. The number of benzene rings is 1. The Hall–Kier alpha value is -2.63. The van der Waals surface area contributed by atoms with Crippen LogP contribution in [0.2, 0.25) is 0 Å². The highest BCUT2D eigenvalue weighted by Gasteiger charge is 2.32. The lowest BCUT2D eigenvalue weighted by Gasteiger charge is -2.34. The van der Waals surface area contributed by atoms with Gasteiger partial charge in [-0.15, -0.1) is 0 Å². The molecule has 6 nitrogen and oxygen atoms in total. The van der Waals surface area contributed by atoms with E-state index in [0.717, 1.165) is 17.6 Å². The van der Waals surface area contributed by atoms with Crippen LogP contribution in [0.15, 0.2) is 24.3 Å². The van der Waals surface area contributed by atoms with Crippen LogP contribution < -0.4 is 0 Å². The molecule has 4 rings (SSSR count). The van der Waals surface area contributed by atoms with Gasteiger partial charge in [-0.3, -0.25) is 19.3 Å². The number of amides is 3. The zero-order chi connectivity index (χ0) is 17.6. The minimum atomic E-state index is -0.164. The molecule has 1 aromatic carbocycles. The molecule has 1 fully saturated rings. The molecule has 2 aliphatic heterocycles. The summed E-state index contributed by atoms with van der Waals surface area (Å²) in [6.45, 7) is 2.88. The van der Waals surface area contributed by atoms with E-state index in [1.807, 2.05) is 24.0 Å². The second-order valence-electron chi connectivity index (χ2n) is 6.77. The van der Waals surface area contributed by atoms with Gasteiger partial charge in [0.25, 0.3) is 0 Å². The van der Waals surface area contributed by atoms with Gasteiger partial charge in [0.05, 0.1) is 6.04 Å². The van der Waals surface area contributed by atoms with Crippen molar-refractivity contribution in [3.8, 4) is 0 Å². The van der Waals surface area contributed by atoms with Crippen molar-refractivity contribution in [2.75, 3.05) is 13.1 Å². The van der Waals surface area contributed by atoms with Gasteiger partial charge in [0.2, 0.25) is 17.7 Å². The Balaban J connectivity index is 1.49. The first-order chi connectivity index (χ1) is 12.1. The zero-order valence-electron chi connectivity index (χ0n) is 14.2. The van der Waals surface area contributed by atoms with E-state index in [0.29, 0.717) is 6.54 Å². The topological polar surface area (TPSA) is 73.5 Å². The van der Waals surface area contributed by atoms with E-state index in [1.165, 1.54) is 15.8 Å². The minimum absolute atomic E-state index is 0.00990. The molecule has 1 atom stereocenters. The Labute approximate surface area is 145 Å². The molecule has 0 bridgehead atoms. The molecular formula is C19H21N3O3. The molecule has 1 saturated heterocycles. The monoisotopic (exact) mass is 339 g/mol. The van der Waals surface area contributed by atoms with Crippen molar-refractivity contribution in [1.82, 2.24) is 14.8 Å². The van der Waals surface area contributed by atoms with E-state index in [-0.39, 0.29) is 49.6 Å². The maximum Gasteiger partial charge on any atom is 0.229 e. The number of likely N-dealkylation sites (tertiary alicyclic amines) is 1. The lowest BCUT2D eigenvalue weighted by atomic mass is 9.98. The van der Waals surface area contributed by atoms with E-state index in [9.17, 15) is 14.4 Å². The first-order valence-electron chi connectivity index (χ1n) is 8.78. The highest BCUT2D eigenvalue weighted by Crippen LogP contribution is 2.34. The number of nitrogens with one attached hydrogen (secondary N) is 1. The minimum Gasteiger partial charge on any atom is -0.356 e. The molecule has 2 aliphatic rings. The molecule has 6 heteroatoms. The third kappa shape index (κ3) is 2.62. The van der Waals surface area contributed by atoms with E-state index in [4.69, 9.17) is 0 Å². The number of para-hydroxylation sites is 1. The van der Waals surface area contributed by atoms with Crippen molar-refractivity contribution in [3.63, 3.8) is 0 Å². The molecule has 0 spiro atoms. The van der Waals surface area contributed by atoms with Crippen molar-refractivity contribution in [3.05, 3.63) is 35.5 Å². The average Bonchev–Trinajstić information content (AvgIpc) is 3.14. The summed E-state index contributed by atoms with van der Waals surface area (Å²) in [6.07, 6.45) is 1.55.